The Morgan fingerprint density at radius 3 is 2.71 bits per heavy atom. The monoisotopic (exact) mass is 422 g/mol. The van der Waals surface area contributed by atoms with Crippen LogP contribution in [0, 0.1) is 0 Å². The number of nitrogens with zero attached hydrogens (tertiary/aromatic N) is 2. The number of hydrogen-bond acceptors (Lipinski definition) is 3. The topological polar surface area (TPSA) is 63.3 Å². The van der Waals surface area contributed by atoms with Gasteiger partial charge in [0.25, 0.3) is 0 Å². The summed E-state index contributed by atoms with van der Waals surface area (Å²) in [5.74, 6) is 0.601. The molecule has 0 bridgehead atoms. The molecule has 1 heterocycles. The maximum absolute atomic E-state index is 5.97. The summed E-state index contributed by atoms with van der Waals surface area (Å²) in [7, 11) is 0. The lowest BCUT2D eigenvalue weighted by molar-refractivity contribution is 0.530. The molecule has 6 heteroatoms. The van der Waals surface area contributed by atoms with Crippen molar-refractivity contribution < 1.29 is 0 Å². The van der Waals surface area contributed by atoms with Crippen molar-refractivity contribution in [3.63, 3.8) is 0 Å². The second-order valence-electron chi connectivity index (χ2n) is 5.42. The molecule has 2 rings (SSSR count). The summed E-state index contributed by atoms with van der Waals surface area (Å²) in [6, 6.07) is 0.521. The van der Waals surface area contributed by atoms with E-state index in [1.54, 1.807) is 11.3 Å². The Kier molecular flexibility index (Phi) is 9.23. The van der Waals surface area contributed by atoms with E-state index >= 15 is 0 Å². The molecule has 0 aliphatic heterocycles. The quantitative estimate of drug-likeness (QED) is 0.331. The molecule has 1 aromatic rings. The van der Waals surface area contributed by atoms with Crippen molar-refractivity contribution in [3.8, 4) is 0 Å². The molecule has 0 amide bonds. The van der Waals surface area contributed by atoms with Gasteiger partial charge in [-0.25, -0.2) is 4.98 Å². The molecule has 3 N–H and O–H groups in total. The third kappa shape index (κ3) is 6.95. The second kappa shape index (κ2) is 10.4. The number of rotatable bonds is 5. The fourth-order valence-electron chi connectivity index (χ4n) is 2.58. The number of aryl methyl sites for hydroxylation is 1. The largest absolute Gasteiger partial charge is 0.370 e. The molecular weight excluding hydrogens is 395 g/mol. The van der Waals surface area contributed by atoms with Gasteiger partial charge in [0, 0.05) is 30.1 Å². The van der Waals surface area contributed by atoms with Crippen LogP contribution in [0.15, 0.2) is 11.2 Å². The van der Waals surface area contributed by atoms with Crippen LogP contribution in [-0.4, -0.2) is 23.5 Å². The Bertz CT molecular complexity index is 425. The number of thiazole rings is 1. The van der Waals surface area contributed by atoms with E-state index < -0.39 is 0 Å². The fourth-order valence-corrected chi connectivity index (χ4v) is 3.43. The van der Waals surface area contributed by atoms with E-state index in [-0.39, 0.29) is 24.0 Å². The van der Waals surface area contributed by atoms with Gasteiger partial charge in [-0.2, -0.15) is 0 Å². The summed E-state index contributed by atoms with van der Waals surface area (Å²) in [6.45, 7) is 2.88. The van der Waals surface area contributed by atoms with E-state index in [0.29, 0.717) is 12.0 Å². The number of hydrogen-bond donors (Lipinski definition) is 2. The van der Waals surface area contributed by atoms with E-state index in [1.165, 1.54) is 43.4 Å². The highest BCUT2D eigenvalue weighted by Crippen LogP contribution is 2.17. The van der Waals surface area contributed by atoms with Gasteiger partial charge >= 0.3 is 0 Å². The molecule has 21 heavy (non-hydrogen) atoms. The van der Waals surface area contributed by atoms with Crippen LogP contribution in [0.3, 0.4) is 0 Å². The lowest BCUT2D eigenvalue weighted by atomic mass is 10.1. The lowest BCUT2D eigenvalue weighted by Gasteiger charge is -2.16. The van der Waals surface area contributed by atoms with Crippen LogP contribution in [-0.2, 0) is 12.8 Å². The van der Waals surface area contributed by atoms with E-state index in [0.717, 1.165) is 24.4 Å². The van der Waals surface area contributed by atoms with Gasteiger partial charge in [0.1, 0.15) is 0 Å². The van der Waals surface area contributed by atoms with Crippen molar-refractivity contribution in [1.82, 2.24) is 10.3 Å². The molecule has 1 aromatic heterocycles. The minimum absolute atomic E-state index is 0. The first-order valence-corrected chi connectivity index (χ1v) is 8.59. The van der Waals surface area contributed by atoms with Gasteiger partial charge in [0.15, 0.2) is 5.96 Å². The molecule has 0 aromatic carbocycles. The van der Waals surface area contributed by atoms with Crippen molar-refractivity contribution in [3.05, 3.63) is 16.1 Å². The number of aliphatic imine (C=N–C) groups is 1. The minimum Gasteiger partial charge on any atom is -0.370 e. The Labute approximate surface area is 149 Å². The summed E-state index contributed by atoms with van der Waals surface area (Å²) < 4.78 is 0. The maximum atomic E-state index is 5.97. The van der Waals surface area contributed by atoms with Crippen LogP contribution >= 0.6 is 35.3 Å². The van der Waals surface area contributed by atoms with Crippen LogP contribution < -0.4 is 11.1 Å². The van der Waals surface area contributed by atoms with Crippen LogP contribution in [0.25, 0.3) is 0 Å². The van der Waals surface area contributed by atoms with Gasteiger partial charge < -0.3 is 11.1 Å². The number of nitrogens with one attached hydrogen (secondary N) is 1. The highest BCUT2D eigenvalue weighted by atomic mass is 127. The maximum Gasteiger partial charge on any atom is 0.188 e. The average Bonchev–Trinajstić information content (AvgIpc) is 2.75. The van der Waals surface area contributed by atoms with Crippen molar-refractivity contribution in [1.29, 1.82) is 0 Å². The zero-order chi connectivity index (χ0) is 14.2. The predicted molar refractivity (Wildman–Crippen MR) is 102 cm³/mol. The van der Waals surface area contributed by atoms with Crippen molar-refractivity contribution in [2.24, 2.45) is 10.7 Å². The zero-order valence-corrected chi connectivity index (χ0v) is 16.0. The molecular formula is C15H27IN4S. The zero-order valence-electron chi connectivity index (χ0n) is 12.8. The number of aromatic nitrogens is 1. The van der Waals surface area contributed by atoms with Gasteiger partial charge in [-0.1, -0.05) is 32.6 Å². The molecule has 1 saturated carbocycles. The molecule has 1 aliphatic carbocycles. The molecule has 1 aliphatic rings. The lowest BCUT2D eigenvalue weighted by Crippen LogP contribution is -2.40. The minimum atomic E-state index is 0. The van der Waals surface area contributed by atoms with Crippen LogP contribution in [0.1, 0.15) is 55.3 Å². The first kappa shape index (κ1) is 18.7. The Hall–Kier alpha value is -0.370. The number of nitrogens with two attached hydrogens (primary N) is 1. The van der Waals surface area contributed by atoms with E-state index in [9.17, 15) is 0 Å². The van der Waals surface area contributed by atoms with Gasteiger partial charge in [0.05, 0.1) is 5.01 Å². The predicted octanol–water partition coefficient (Wildman–Crippen LogP) is 3.49. The standard InChI is InChI=1S/C15H26N4S.HI/c1-2-13-11-18-14(20-13)9-10-17-15(16)19-12-7-5-3-4-6-8-12;/h11-12H,2-10H2,1H3,(H3,16,17,19);1H. The Morgan fingerprint density at radius 2 is 2.10 bits per heavy atom. The molecule has 120 valence electrons. The number of halogens is 1. The van der Waals surface area contributed by atoms with Crippen molar-refractivity contribution >= 4 is 41.3 Å². The SMILES string of the molecule is CCc1cnc(CCN=C(N)NC2CCCCCC2)s1.I. The first-order valence-electron chi connectivity index (χ1n) is 7.78. The smallest absolute Gasteiger partial charge is 0.188 e. The van der Waals surface area contributed by atoms with E-state index in [2.05, 4.69) is 22.2 Å². The second-order valence-corrected chi connectivity index (χ2v) is 6.62. The summed E-state index contributed by atoms with van der Waals surface area (Å²) in [6.07, 6.45) is 11.7. The average molecular weight is 422 g/mol. The van der Waals surface area contributed by atoms with Crippen LogP contribution in [0.5, 0.6) is 0 Å². The van der Waals surface area contributed by atoms with Gasteiger partial charge in [0.2, 0.25) is 0 Å². The molecule has 0 unspecified atom stereocenters. The molecule has 0 saturated heterocycles. The molecule has 0 atom stereocenters. The first-order chi connectivity index (χ1) is 9.78. The molecule has 4 nitrogen and oxygen atoms in total. The van der Waals surface area contributed by atoms with Gasteiger partial charge in [-0.3, -0.25) is 4.99 Å². The van der Waals surface area contributed by atoms with Crippen LogP contribution in [0.2, 0.25) is 0 Å². The fraction of sp³-hybridized carbons (Fsp3) is 0.733. The normalized spacial score (nSPS) is 17.1. The van der Waals surface area contributed by atoms with E-state index in [4.69, 9.17) is 5.73 Å². The summed E-state index contributed by atoms with van der Waals surface area (Å²) in [5, 5.41) is 4.53. The van der Waals surface area contributed by atoms with Crippen molar-refractivity contribution in [2.45, 2.75) is 64.3 Å². The third-order valence-corrected chi connectivity index (χ3v) is 4.97. The highest BCUT2D eigenvalue weighted by molar-refractivity contribution is 14.0. The van der Waals surface area contributed by atoms with Gasteiger partial charge in [-0.15, -0.1) is 35.3 Å². The van der Waals surface area contributed by atoms with Gasteiger partial charge in [-0.05, 0) is 19.3 Å². The number of guanidine groups is 1. The molecule has 1 fully saturated rings. The summed E-state index contributed by atoms with van der Waals surface area (Å²) in [4.78, 5) is 10.2. The summed E-state index contributed by atoms with van der Waals surface area (Å²) in [5.41, 5.74) is 5.97. The van der Waals surface area contributed by atoms with Crippen LogP contribution in [0.4, 0.5) is 0 Å². The Morgan fingerprint density at radius 1 is 1.38 bits per heavy atom. The van der Waals surface area contributed by atoms with E-state index in [1.807, 2.05) is 6.20 Å². The molecule has 0 radical (unpaired) electrons. The third-order valence-electron chi connectivity index (χ3n) is 3.76. The van der Waals surface area contributed by atoms with Crippen molar-refractivity contribution in [2.75, 3.05) is 6.54 Å². The highest BCUT2D eigenvalue weighted by Gasteiger charge is 2.12. The molecule has 0 spiro atoms. The Balaban J connectivity index is 0.00000220. The summed E-state index contributed by atoms with van der Waals surface area (Å²) >= 11 is 1.78.